The van der Waals surface area contributed by atoms with Gasteiger partial charge in [0.15, 0.2) is 0 Å². The Bertz CT molecular complexity index is 1200. The summed E-state index contributed by atoms with van der Waals surface area (Å²) in [5, 5.41) is 6.64. The molecular weight excluding hydrogens is 460 g/mol. The lowest BCUT2D eigenvalue weighted by Crippen LogP contribution is -2.34. The number of fused-ring (bicyclic) bond motifs is 6. The summed E-state index contributed by atoms with van der Waals surface area (Å²) in [6, 6.07) is 11.6. The van der Waals surface area contributed by atoms with Crippen LogP contribution in [0, 0.1) is 17.8 Å². The van der Waals surface area contributed by atoms with Crippen LogP contribution in [0.2, 0.25) is 0 Å². The van der Waals surface area contributed by atoms with E-state index in [1.807, 2.05) is 36.0 Å². The highest BCUT2D eigenvalue weighted by Crippen LogP contribution is 2.64. The molecule has 8 heteroatoms. The number of carbonyl (C=O) groups excluding carboxylic acids is 1. The van der Waals surface area contributed by atoms with Crippen molar-refractivity contribution >= 4 is 46.0 Å². The lowest BCUT2D eigenvalue weighted by Gasteiger charge is -2.40. The Morgan fingerprint density at radius 2 is 2.00 bits per heavy atom. The maximum atomic E-state index is 13.1. The molecule has 2 saturated carbocycles. The Kier molecular flexibility index (Phi) is 5.19. The van der Waals surface area contributed by atoms with Crippen LogP contribution in [-0.2, 0) is 11.3 Å². The van der Waals surface area contributed by atoms with Gasteiger partial charge in [-0.05, 0) is 72.7 Å². The zero-order chi connectivity index (χ0) is 21.8. The van der Waals surface area contributed by atoms with E-state index < -0.39 is 0 Å². The molecule has 0 spiro atoms. The van der Waals surface area contributed by atoms with Crippen molar-refractivity contribution in [2.75, 3.05) is 12.4 Å². The minimum atomic E-state index is -0.179. The minimum Gasteiger partial charge on any atom is -0.497 e. The summed E-state index contributed by atoms with van der Waals surface area (Å²) in [7, 11) is 1.61. The van der Waals surface area contributed by atoms with Crippen LogP contribution in [-0.4, -0.2) is 22.8 Å². The molecule has 2 fully saturated rings. The summed E-state index contributed by atoms with van der Waals surface area (Å²) >= 11 is 5.02. The summed E-state index contributed by atoms with van der Waals surface area (Å²) < 4.78 is 6.89. The smallest absolute Gasteiger partial charge is 0.308 e. The first kappa shape index (κ1) is 20.6. The van der Waals surface area contributed by atoms with Crippen LogP contribution >= 0.6 is 34.4 Å². The first-order valence-corrected chi connectivity index (χ1v) is 13.6. The molecule has 166 valence electrons. The van der Waals surface area contributed by atoms with Gasteiger partial charge >= 0.3 is 4.87 Å². The summed E-state index contributed by atoms with van der Waals surface area (Å²) in [6.45, 7) is 0.0480. The van der Waals surface area contributed by atoms with Crippen LogP contribution in [0.4, 0.5) is 5.69 Å². The number of hydrogen-bond acceptors (Lipinski definition) is 6. The van der Waals surface area contributed by atoms with Crippen LogP contribution in [0.1, 0.15) is 34.9 Å². The fraction of sp³-hybridized carbons (Fsp3) is 0.417. The maximum absolute atomic E-state index is 13.1. The third-order valence-corrected chi connectivity index (χ3v) is 11.0. The van der Waals surface area contributed by atoms with E-state index in [9.17, 15) is 9.59 Å². The quantitative estimate of drug-likeness (QED) is 0.536. The monoisotopic (exact) mass is 484 g/mol. The van der Waals surface area contributed by atoms with Gasteiger partial charge in [0, 0.05) is 26.6 Å². The molecule has 0 unspecified atom stereocenters. The van der Waals surface area contributed by atoms with Crippen LogP contribution < -0.4 is 14.9 Å². The second-order valence-electron chi connectivity index (χ2n) is 8.89. The molecule has 1 amide bonds. The molecule has 6 rings (SSSR count). The van der Waals surface area contributed by atoms with Gasteiger partial charge in [0.2, 0.25) is 5.91 Å². The second kappa shape index (κ2) is 8.08. The zero-order valence-electron chi connectivity index (χ0n) is 17.7. The Hall–Kier alpha value is -2.03. The minimum absolute atomic E-state index is 0.0266. The molecule has 0 radical (unpaired) electrons. The van der Waals surface area contributed by atoms with Gasteiger partial charge in [-0.3, -0.25) is 14.2 Å². The third-order valence-electron chi connectivity index (χ3n) is 7.22. The molecule has 5 atom stereocenters. The number of thiophene rings is 1. The van der Waals surface area contributed by atoms with E-state index in [-0.39, 0.29) is 17.3 Å². The number of hydrogen-bond donors (Lipinski definition) is 1. The van der Waals surface area contributed by atoms with Gasteiger partial charge in [-0.1, -0.05) is 17.4 Å². The van der Waals surface area contributed by atoms with Gasteiger partial charge in [0.05, 0.1) is 12.1 Å². The van der Waals surface area contributed by atoms with Gasteiger partial charge in [0.25, 0.3) is 0 Å². The molecule has 0 saturated heterocycles. The van der Waals surface area contributed by atoms with Crippen LogP contribution in [0.3, 0.4) is 0 Å². The predicted octanol–water partition coefficient (Wildman–Crippen LogP) is 5.27. The van der Waals surface area contributed by atoms with Crippen molar-refractivity contribution in [3.05, 3.63) is 61.2 Å². The van der Waals surface area contributed by atoms with Gasteiger partial charge < -0.3 is 10.1 Å². The number of ether oxygens (including phenoxy) is 1. The Morgan fingerprint density at radius 1 is 1.19 bits per heavy atom. The van der Waals surface area contributed by atoms with Gasteiger partial charge in [-0.15, -0.1) is 23.1 Å². The number of thiazole rings is 1. The molecule has 2 aromatic heterocycles. The van der Waals surface area contributed by atoms with Crippen LogP contribution in [0.5, 0.6) is 5.75 Å². The van der Waals surface area contributed by atoms with E-state index in [0.29, 0.717) is 22.8 Å². The molecule has 3 aliphatic rings. The average molecular weight is 485 g/mol. The summed E-state index contributed by atoms with van der Waals surface area (Å²) in [6.07, 6.45) is 3.95. The largest absolute Gasteiger partial charge is 0.497 e. The number of thioether (sulfide) groups is 1. The number of anilines is 1. The first-order chi connectivity index (χ1) is 15.6. The lowest BCUT2D eigenvalue weighted by molar-refractivity contribution is -0.116. The lowest BCUT2D eigenvalue weighted by atomic mass is 9.77. The molecule has 5 nitrogen and oxygen atoms in total. The molecule has 3 heterocycles. The number of benzene rings is 1. The van der Waals surface area contributed by atoms with E-state index >= 15 is 0 Å². The van der Waals surface area contributed by atoms with Gasteiger partial charge in [-0.25, -0.2) is 0 Å². The maximum Gasteiger partial charge on any atom is 0.308 e. The normalized spacial score (nSPS) is 27.7. The molecule has 2 aliphatic carbocycles. The van der Waals surface area contributed by atoms with Crippen molar-refractivity contribution < 1.29 is 9.53 Å². The Balaban J connectivity index is 1.32. The summed E-state index contributed by atoms with van der Waals surface area (Å²) in [4.78, 5) is 28.4. The topological polar surface area (TPSA) is 60.3 Å². The van der Waals surface area contributed by atoms with Gasteiger partial charge in [-0.2, -0.15) is 0 Å². The fourth-order valence-corrected chi connectivity index (χ4v) is 10.0. The average Bonchev–Trinajstić information content (AvgIpc) is 3.59. The molecule has 2 bridgehead atoms. The number of methoxy groups -OCH3 is 1. The van der Waals surface area contributed by atoms with Crippen molar-refractivity contribution in [1.29, 1.82) is 0 Å². The third kappa shape index (κ3) is 3.35. The van der Waals surface area contributed by atoms with Crippen LogP contribution in [0.25, 0.3) is 0 Å². The predicted molar refractivity (Wildman–Crippen MR) is 130 cm³/mol. The number of rotatable bonds is 5. The van der Waals surface area contributed by atoms with Crippen molar-refractivity contribution in [2.45, 2.75) is 42.0 Å². The number of amides is 1. The number of aromatic nitrogens is 1. The van der Waals surface area contributed by atoms with Crippen molar-refractivity contribution in [3.63, 3.8) is 0 Å². The van der Waals surface area contributed by atoms with Crippen molar-refractivity contribution in [2.24, 2.45) is 17.8 Å². The van der Waals surface area contributed by atoms with E-state index in [2.05, 4.69) is 22.8 Å². The number of carbonyl (C=O) groups is 1. The van der Waals surface area contributed by atoms with Crippen molar-refractivity contribution in [3.8, 4) is 5.75 Å². The van der Waals surface area contributed by atoms with E-state index in [4.69, 9.17) is 4.74 Å². The Labute approximate surface area is 198 Å². The molecule has 1 N–H and O–H groups in total. The fourth-order valence-electron chi connectivity index (χ4n) is 5.89. The standard InChI is InChI=1S/C24H24N2O3S3/c1-29-16-8-6-15(7-9-16)25-18(27)12-26-23-22(32-24(26)28)20(17-3-2-10-30-17)19-13-4-5-14(11-13)21(19)31-23/h2-3,6-10,13-14,19-21H,4-5,11-12H2,1H3,(H,25,27)/t13-,14-,19-,20-,21+/m0/s1. The summed E-state index contributed by atoms with van der Waals surface area (Å²) in [5.41, 5.74) is 0.699. The van der Waals surface area contributed by atoms with Crippen molar-refractivity contribution in [1.82, 2.24) is 4.57 Å². The first-order valence-electron chi connectivity index (χ1n) is 11.0. The van der Waals surface area contributed by atoms with Gasteiger partial charge in [0.1, 0.15) is 12.3 Å². The molecule has 32 heavy (non-hydrogen) atoms. The highest BCUT2D eigenvalue weighted by Gasteiger charge is 2.55. The number of nitrogens with one attached hydrogen (secondary N) is 1. The van der Waals surface area contributed by atoms with E-state index in [1.54, 1.807) is 23.0 Å². The zero-order valence-corrected chi connectivity index (χ0v) is 20.1. The van der Waals surface area contributed by atoms with E-state index in [1.165, 1.54) is 40.4 Å². The SMILES string of the molecule is COc1ccc(NC(=O)Cn2c3c(sc2=O)[C@@H](c2cccs2)[C@@H]2[C@H]4CC[C@@H](C4)[C@H]2S3)cc1. The molecule has 3 aromatic rings. The highest BCUT2D eigenvalue weighted by atomic mass is 32.2. The number of nitrogens with zero attached hydrogens (tertiary/aromatic N) is 1. The van der Waals surface area contributed by atoms with Crippen LogP contribution in [0.15, 0.2) is 51.6 Å². The van der Waals surface area contributed by atoms with E-state index in [0.717, 1.165) is 22.6 Å². The molecular formula is C24H24N2O3S3. The summed E-state index contributed by atoms with van der Waals surface area (Å²) in [5.74, 6) is 2.98. The highest BCUT2D eigenvalue weighted by molar-refractivity contribution is 8.00. The second-order valence-corrected chi connectivity index (χ2v) is 12.0. The molecule has 1 aromatic carbocycles. The molecule has 1 aliphatic heterocycles. The Morgan fingerprint density at radius 3 is 2.75 bits per heavy atom.